The minimum Gasteiger partial charge on any atom is -0.308 e. The van der Waals surface area contributed by atoms with Crippen molar-refractivity contribution in [1.29, 1.82) is 0 Å². The van der Waals surface area contributed by atoms with Crippen molar-refractivity contribution < 1.29 is 4.79 Å². The molecule has 5 heteroatoms. The summed E-state index contributed by atoms with van der Waals surface area (Å²) < 4.78 is 3.22. The lowest BCUT2D eigenvalue weighted by molar-refractivity contribution is -0.123. The SMILES string of the molecule is O=C(N1CCn2c1nc1ccccc12)C1(c2ccc(Br)cc2)CCCC1. The van der Waals surface area contributed by atoms with Crippen LogP contribution in [0.1, 0.15) is 31.2 Å². The third-order valence-corrected chi connectivity index (χ3v) is 6.46. The van der Waals surface area contributed by atoms with Gasteiger partial charge in [-0.1, -0.05) is 53.0 Å². The number of carbonyl (C=O) groups excluding carboxylic acids is 1. The number of anilines is 1. The normalized spacial score (nSPS) is 18.4. The van der Waals surface area contributed by atoms with Gasteiger partial charge >= 0.3 is 0 Å². The number of amides is 1. The van der Waals surface area contributed by atoms with Crippen molar-refractivity contribution >= 4 is 38.8 Å². The number of carbonyl (C=O) groups is 1. The Morgan fingerprint density at radius 2 is 1.73 bits per heavy atom. The van der Waals surface area contributed by atoms with Gasteiger partial charge in [-0.15, -0.1) is 0 Å². The van der Waals surface area contributed by atoms with Gasteiger partial charge in [0, 0.05) is 17.6 Å². The van der Waals surface area contributed by atoms with Crippen LogP contribution in [0.5, 0.6) is 0 Å². The lowest BCUT2D eigenvalue weighted by Gasteiger charge is -2.32. The highest BCUT2D eigenvalue weighted by molar-refractivity contribution is 9.10. The van der Waals surface area contributed by atoms with Gasteiger partial charge in [-0.25, -0.2) is 4.98 Å². The maximum Gasteiger partial charge on any atom is 0.240 e. The summed E-state index contributed by atoms with van der Waals surface area (Å²) >= 11 is 3.51. The summed E-state index contributed by atoms with van der Waals surface area (Å²) in [6, 6.07) is 16.4. The van der Waals surface area contributed by atoms with Crippen LogP contribution >= 0.6 is 15.9 Å². The summed E-state index contributed by atoms with van der Waals surface area (Å²) in [5, 5.41) is 0. The zero-order valence-corrected chi connectivity index (χ0v) is 16.1. The summed E-state index contributed by atoms with van der Waals surface area (Å²) in [5.74, 6) is 1.02. The smallest absolute Gasteiger partial charge is 0.240 e. The molecule has 4 nitrogen and oxygen atoms in total. The first kappa shape index (κ1) is 16.1. The number of nitrogens with zero attached hydrogens (tertiary/aromatic N) is 3. The van der Waals surface area contributed by atoms with Crippen LogP contribution in [0.2, 0.25) is 0 Å². The maximum absolute atomic E-state index is 13.8. The summed E-state index contributed by atoms with van der Waals surface area (Å²) in [7, 11) is 0. The molecule has 5 rings (SSSR count). The molecule has 0 radical (unpaired) electrons. The maximum atomic E-state index is 13.8. The first-order chi connectivity index (χ1) is 12.7. The molecule has 1 fully saturated rings. The van der Waals surface area contributed by atoms with E-state index in [0.29, 0.717) is 6.54 Å². The topological polar surface area (TPSA) is 38.1 Å². The van der Waals surface area contributed by atoms with Gasteiger partial charge in [0.15, 0.2) is 0 Å². The van der Waals surface area contributed by atoms with Crippen LogP contribution in [0.4, 0.5) is 5.95 Å². The number of benzene rings is 2. The van der Waals surface area contributed by atoms with Crippen molar-refractivity contribution in [3.63, 3.8) is 0 Å². The lowest BCUT2D eigenvalue weighted by Crippen LogP contribution is -2.45. The van der Waals surface area contributed by atoms with Crippen LogP contribution in [0.15, 0.2) is 53.0 Å². The van der Waals surface area contributed by atoms with E-state index < -0.39 is 5.41 Å². The van der Waals surface area contributed by atoms with Crippen molar-refractivity contribution in [3.8, 4) is 0 Å². The second-order valence-electron chi connectivity index (χ2n) is 7.31. The Labute approximate surface area is 161 Å². The van der Waals surface area contributed by atoms with Crippen molar-refractivity contribution in [2.24, 2.45) is 0 Å². The molecular formula is C21H20BrN3O. The number of fused-ring (bicyclic) bond motifs is 3. The van der Waals surface area contributed by atoms with Gasteiger partial charge in [0.1, 0.15) is 0 Å². The highest BCUT2D eigenvalue weighted by Gasteiger charge is 2.47. The standard InChI is InChI=1S/C21H20BrN3O/c22-16-9-7-15(8-10-16)21(11-3-4-12-21)19(26)25-14-13-24-18-6-2-1-5-17(18)23-20(24)25/h1-2,5-10H,3-4,11-14H2. The number of imidazole rings is 1. The van der Waals surface area contributed by atoms with Crippen molar-refractivity contribution in [2.75, 3.05) is 11.4 Å². The highest BCUT2D eigenvalue weighted by Crippen LogP contribution is 2.44. The van der Waals surface area contributed by atoms with Crippen LogP contribution in [-0.2, 0) is 16.8 Å². The Morgan fingerprint density at radius 3 is 2.50 bits per heavy atom. The third-order valence-electron chi connectivity index (χ3n) is 5.93. The quantitative estimate of drug-likeness (QED) is 0.617. The van der Waals surface area contributed by atoms with Gasteiger partial charge in [0.2, 0.25) is 11.9 Å². The third kappa shape index (κ3) is 2.26. The van der Waals surface area contributed by atoms with Crippen molar-refractivity contribution in [1.82, 2.24) is 9.55 Å². The number of hydrogen-bond donors (Lipinski definition) is 0. The average Bonchev–Trinajstić information content (AvgIpc) is 3.37. The van der Waals surface area contributed by atoms with Gasteiger partial charge in [-0.05, 0) is 42.7 Å². The van der Waals surface area contributed by atoms with Gasteiger partial charge < -0.3 is 4.57 Å². The summed E-state index contributed by atoms with van der Waals surface area (Å²) in [5.41, 5.74) is 2.80. The van der Waals surface area contributed by atoms with Crippen LogP contribution in [0.25, 0.3) is 11.0 Å². The number of hydrogen-bond acceptors (Lipinski definition) is 2. The van der Waals surface area contributed by atoms with Gasteiger partial charge in [-0.2, -0.15) is 0 Å². The molecule has 1 aliphatic heterocycles. The van der Waals surface area contributed by atoms with Gasteiger partial charge in [0.25, 0.3) is 0 Å². The first-order valence-corrected chi connectivity index (χ1v) is 10.0. The second-order valence-corrected chi connectivity index (χ2v) is 8.22. The second kappa shape index (κ2) is 5.95. The Bertz CT molecular complexity index is 986. The van der Waals surface area contributed by atoms with E-state index >= 15 is 0 Å². The molecule has 0 N–H and O–H groups in total. The van der Waals surface area contributed by atoms with Crippen molar-refractivity contribution in [2.45, 2.75) is 37.6 Å². The van der Waals surface area contributed by atoms with Crippen LogP contribution in [-0.4, -0.2) is 22.0 Å². The molecule has 132 valence electrons. The fraction of sp³-hybridized carbons (Fsp3) is 0.333. The molecule has 2 aromatic carbocycles. The van der Waals surface area contributed by atoms with E-state index in [9.17, 15) is 4.79 Å². The van der Waals surface area contributed by atoms with E-state index in [-0.39, 0.29) is 5.91 Å². The van der Waals surface area contributed by atoms with E-state index in [2.05, 4.69) is 38.7 Å². The minimum absolute atomic E-state index is 0.214. The molecule has 0 spiro atoms. The zero-order chi connectivity index (χ0) is 17.7. The largest absolute Gasteiger partial charge is 0.308 e. The van der Waals surface area contributed by atoms with Crippen LogP contribution < -0.4 is 4.90 Å². The van der Waals surface area contributed by atoms with E-state index in [0.717, 1.165) is 59.2 Å². The Balaban J connectivity index is 1.58. The van der Waals surface area contributed by atoms with Gasteiger partial charge in [-0.3, -0.25) is 9.69 Å². The highest BCUT2D eigenvalue weighted by atomic mass is 79.9. The summed E-state index contributed by atoms with van der Waals surface area (Å²) in [4.78, 5) is 20.4. The van der Waals surface area contributed by atoms with Crippen LogP contribution in [0.3, 0.4) is 0 Å². The Morgan fingerprint density at radius 1 is 1.00 bits per heavy atom. The zero-order valence-electron chi connectivity index (χ0n) is 14.5. The molecule has 0 saturated heterocycles. The van der Waals surface area contributed by atoms with E-state index in [4.69, 9.17) is 4.98 Å². The average molecular weight is 410 g/mol. The molecule has 1 amide bonds. The number of rotatable bonds is 2. The predicted octanol–water partition coefficient (Wildman–Crippen LogP) is 4.66. The molecule has 1 saturated carbocycles. The van der Waals surface area contributed by atoms with Crippen LogP contribution in [0, 0.1) is 0 Å². The van der Waals surface area contributed by atoms with E-state index in [1.165, 1.54) is 0 Å². The Hall–Kier alpha value is -2.14. The molecule has 0 bridgehead atoms. The minimum atomic E-state index is -0.409. The molecule has 2 heterocycles. The molecule has 26 heavy (non-hydrogen) atoms. The van der Waals surface area contributed by atoms with Crippen molar-refractivity contribution in [3.05, 3.63) is 58.6 Å². The molecular weight excluding hydrogens is 390 g/mol. The number of para-hydroxylation sites is 2. The Kier molecular flexibility index (Phi) is 3.67. The monoisotopic (exact) mass is 409 g/mol. The molecule has 0 unspecified atom stereocenters. The fourth-order valence-electron chi connectivity index (χ4n) is 4.61. The molecule has 3 aromatic rings. The van der Waals surface area contributed by atoms with Gasteiger partial charge in [0.05, 0.1) is 16.4 Å². The molecule has 1 aliphatic carbocycles. The molecule has 0 atom stereocenters. The number of halogens is 1. The van der Waals surface area contributed by atoms with E-state index in [1.54, 1.807) is 0 Å². The summed E-state index contributed by atoms with van der Waals surface area (Å²) in [6.07, 6.45) is 4.05. The first-order valence-electron chi connectivity index (χ1n) is 9.22. The molecule has 1 aromatic heterocycles. The van der Waals surface area contributed by atoms with E-state index in [1.807, 2.05) is 35.2 Å². The summed E-state index contributed by atoms with van der Waals surface area (Å²) in [6.45, 7) is 1.53. The predicted molar refractivity (Wildman–Crippen MR) is 106 cm³/mol. The lowest BCUT2D eigenvalue weighted by atomic mass is 9.77. The number of aromatic nitrogens is 2. The molecule has 2 aliphatic rings. The fourth-order valence-corrected chi connectivity index (χ4v) is 4.88.